The Bertz CT molecular complexity index is 567. The summed E-state index contributed by atoms with van der Waals surface area (Å²) in [6, 6.07) is 8.10. The first kappa shape index (κ1) is 14.1. The van der Waals surface area contributed by atoms with Crippen LogP contribution in [-0.2, 0) is 0 Å². The lowest BCUT2D eigenvalue weighted by Crippen LogP contribution is -2.05. The minimum atomic E-state index is 0.163. The number of hydrogen-bond donors (Lipinski definition) is 1. The highest BCUT2D eigenvalue weighted by atomic mass is 79.9. The van der Waals surface area contributed by atoms with Gasteiger partial charge in [0.1, 0.15) is 0 Å². The van der Waals surface area contributed by atoms with E-state index in [0.29, 0.717) is 11.8 Å². The highest BCUT2D eigenvalue weighted by Crippen LogP contribution is 2.31. The van der Waals surface area contributed by atoms with Crippen LogP contribution in [0.5, 0.6) is 6.01 Å². The lowest BCUT2D eigenvalue weighted by atomic mass is 10.4. The van der Waals surface area contributed by atoms with Gasteiger partial charge in [-0.2, -0.15) is 15.0 Å². The van der Waals surface area contributed by atoms with Crippen LogP contribution in [-0.4, -0.2) is 21.6 Å². The summed E-state index contributed by atoms with van der Waals surface area (Å²) >= 11 is 4.89. The van der Waals surface area contributed by atoms with Gasteiger partial charge in [0.2, 0.25) is 11.1 Å². The Hall–Kier alpha value is -1.34. The summed E-state index contributed by atoms with van der Waals surface area (Å²) in [6.45, 7) is 2.57. The zero-order valence-corrected chi connectivity index (χ0v) is 12.7. The number of anilines is 1. The van der Waals surface area contributed by atoms with Crippen molar-refractivity contribution in [2.75, 3.05) is 12.3 Å². The van der Waals surface area contributed by atoms with Crippen molar-refractivity contribution in [2.45, 2.75) is 23.4 Å². The SMILES string of the molecule is CCCOc1nc(N)nc(Sc2ccccc2Br)n1. The Kier molecular flexibility index (Phi) is 4.98. The lowest BCUT2D eigenvalue weighted by Gasteiger charge is -2.06. The van der Waals surface area contributed by atoms with Crippen molar-refractivity contribution < 1.29 is 4.74 Å². The monoisotopic (exact) mass is 340 g/mol. The van der Waals surface area contributed by atoms with Crippen LogP contribution in [0.1, 0.15) is 13.3 Å². The quantitative estimate of drug-likeness (QED) is 0.901. The molecule has 0 atom stereocenters. The van der Waals surface area contributed by atoms with Crippen LogP contribution < -0.4 is 10.5 Å². The van der Waals surface area contributed by atoms with Crippen LogP contribution in [0.25, 0.3) is 0 Å². The third kappa shape index (κ3) is 4.07. The van der Waals surface area contributed by atoms with E-state index in [1.165, 1.54) is 11.8 Å². The molecule has 0 radical (unpaired) electrons. The minimum absolute atomic E-state index is 0.163. The molecule has 1 heterocycles. The van der Waals surface area contributed by atoms with Crippen molar-refractivity contribution in [3.8, 4) is 6.01 Å². The summed E-state index contributed by atoms with van der Waals surface area (Å²) in [4.78, 5) is 13.3. The number of halogens is 1. The number of hydrogen-bond acceptors (Lipinski definition) is 6. The first-order valence-corrected chi connectivity index (χ1v) is 7.36. The first-order chi connectivity index (χ1) is 9.19. The van der Waals surface area contributed by atoms with E-state index in [0.717, 1.165) is 15.8 Å². The molecule has 0 aliphatic heterocycles. The third-order valence-electron chi connectivity index (χ3n) is 2.08. The van der Waals surface area contributed by atoms with E-state index in [9.17, 15) is 0 Å². The largest absolute Gasteiger partial charge is 0.463 e. The Morgan fingerprint density at radius 3 is 2.79 bits per heavy atom. The molecular formula is C12H13BrN4OS. The molecule has 0 unspecified atom stereocenters. The van der Waals surface area contributed by atoms with E-state index in [1.54, 1.807) is 0 Å². The molecule has 7 heteroatoms. The van der Waals surface area contributed by atoms with Crippen molar-refractivity contribution in [3.63, 3.8) is 0 Å². The van der Waals surface area contributed by atoms with Crippen molar-refractivity contribution in [2.24, 2.45) is 0 Å². The first-order valence-electron chi connectivity index (χ1n) is 5.75. The second kappa shape index (κ2) is 6.72. The molecule has 0 aliphatic carbocycles. The number of aromatic nitrogens is 3. The molecule has 0 bridgehead atoms. The molecule has 0 aliphatic rings. The van der Waals surface area contributed by atoms with Gasteiger partial charge in [0.05, 0.1) is 6.61 Å². The summed E-state index contributed by atoms with van der Waals surface area (Å²) in [5, 5.41) is 0.519. The molecule has 100 valence electrons. The summed E-state index contributed by atoms with van der Waals surface area (Å²) in [5.41, 5.74) is 5.66. The molecule has 0 saturated heterocycles. The molecule has 2 N–H and O–H groups in total. The molecule has 0 spiro atoms. The van der Waals surface area contributed by atoms with Crippen molar-refractivity contribution in [1.82, 2.24) is 15.0 Å². The molecule has 0 fully saturated rings. The summed E-state index contributed by atoms with van der Waals surface area (Å²) in [7, 11) is 0. The topological polar surface area (TPSA) is 73.9 Å². The van der Waals surface area contributed by atoms with E-state index in [4.69, 9.17) is 10.5 Å². The zero-order valence-electron chi connectivity index (χ0n) is 10.3. The molecule has 0 amide bonds. The molecule has 2 aromatic rings. The van der Waals surface area contributed by atoms with Crippen LogP contribution in [0, 0.1) is 0 Å². The van der Waals surface area contributed by atoms with E-state index >= 15 is 0 Å². The Morgan fingerprint density at radius 1 is 1.26 bits per heavy atom. The highest BCUT2D eigenvalue weighted by molar-refractivity contribution is 9.10. The predicted octanol–water partition coefficient (Wildman–Crippen LogP) is 3.16. The Labute approximate surface area is 124 Å². The Morgan fingerprint density at radius 2 is 2.05 bits per heavy atom. The van der Waals surface area contributed by atoms with Crippen LogP contribution in [0.2, 0.25) is 0 Å². The van der Waals surface area contributed by atoms with E-state index in [2.05, 4.69) is 30.9 Å². The van der Waals surface area contributed by atoms with Gasteiger partial charge in [-0.3, -0.25) is 0 Å². The number of nitrogens with zero attached hydrogens (tertiary/aromatic N) is 3. The highest BCUT2D eigenvalue weighted by Gasteiger charge is 2.08. The maximum Gasteiger partial charge on any atom is 0.322 e. The fraction of sp³-hybridized carbons (Fsp3) is 0.250. The average Bonchev–Trinajstić information content (AvgIpc) is 2.38. The van der Waals surface area contributed by atoms with Gasteiger partial charge in [-0.1, -0.05) is 19.1 Å². The number of rotatable bonds is 5. The lowest BCUT2D eigenvalue weighted by molar-refractivity contribution is 0.288. The van der Waals surface area contributed by atoms with Crippen LogP contribution in [0.4, 0.5) is 5.95 Å². The van der Waals surface area contributed by atoms with E-state index in [-0.39, 0.29) is 12.0 Å². The standard InChI is InChI=1S/C12H13BrN4OS/c1-2-7-18-11-15-10(14)16-12(17-11)19-9-6-4-3-5-8(9)13/h3-6H,2,7H2,1H3,(H2,14,15,16,17). The molecule has 1 aromatic carbocycles. The smallest absolute Gasteiger partial charge is 0.322 e. The fourth-order valence-electron chi connectivity index (χ4n) is 1.28. The average molecular weight is 341 g/mol. The van der Waals surface area contributed by atoms with Gasteiger partial charge in [0.15, 0.2) is 0 Å². The zero-order chi connectivity index (χ0) is 13.7. The molecule has 2 rings (SSSR count). The van der Waals surface area contributed by atoms with Gasteiger partial charge >= 0.3 is 6.01 Å². The van der Waals surface area contributed by atoms with Crippen molar-refractivity contribution in [3.05, 3.63) is 28.7 Å². The maximum absolute atomic E-state index is 5.66. The normalized spacial score (nSPS) is 10.4. The van der Waals surface area contributed by atoms with Crippen LogP contribution in [0.3, 0.4) is 0 Å². The third-order valence-corrected chi connectivity index (χ3v) is 3.98. The van der Waals surface area contributed by atoms with E-state index in [1.807, 2.05) is 31.2 Å². The predicted molar refractivity (Wildman–Crippen MR) is 78.3 cm³/mol. The van der Waals surface area contributed by atoms with Gasteiger partial charge in [0.25, 0.3) is 0 Å². The van der Waals surface area contributed by atoms with Gasteiger partial charge in [-0.05, 0) is 46.2 Å². The number of ether oxygens (including phenoxy) is 1. The fourth-order valence-corrected chi connectivity index (χ4v) is 2.58. The van der Waals surface area contributed by atoms with E-state index < -0.39 is 0 Å². The molecule has 19 heavy (non-hydrogen) atoms. The number of nitrogen functional groups attached to an aromatic ring is 1. The maximum atomic E-state index is 5.66. The summed E-state index contributed by atoms with van der Waals surface area (Å²) in [6.07, 6.45) is 0.887. The van der Waals surface area contributed by atoms with Crippen LogP contribution in [0.15, 0.2) is 38.8 Å². The molecular weight excluding hydrogens is 328 g/mol. The Balaban J connectivity index is 2.20. The van der Waals surface area contributed by atoms with Crippen LogP contribution >= 0.6 is 27.7 Å². The van der Waals surface area contributed by atoms with Gasteiger partial charge in [-0.25, -0.2) is 0 Å². The number of benzene rings is 1. The molecule has 1 aromatic heterocycles. The summed E-state index contributed by atoms with van der Waals surface area (Å²) in [5.74, 6) is 0.163. The van der Waals surface area contributed by atoms with Gasteiger partial charge in [0, 0.05) is 9.37 Å². The van der Waals surface area contributed by atoms with Gasteiger partial charge in [-0.15, -0.1) is 0 Å². The second-order valence-electron chi connectivity index (χ2n) is 3.64. The minimum Gasteiger partial charge on any atom is -0.463 e. The van der Waals surface area contributed by atoms with Crippen molar-refractivity contribution >= 4 is 33.6 Å². The molecule has 0 saturated carbocycles. The second-order valence-corrected chi connectivity index (χ2v) is 5.50. The number of nitrogens with two attached hydrogens (primary N) is 1. The molecule has 5 nitrogen and oxygen atoms in total. The summed E-state index contributed by atoms with van der Waals surface area (Å²) < 4.78 is 6.36. The van der Waals surface area contributed by atoms with Gasteiger partial charge < -0.3 is 10.5 Å². The van der Waals surface area contributed by atoms with Crippen molar-refractivity contribution in [1.29, 1.82) is 0 Å².